The number of rotatable bonds is 5. The molecule has 0 aliphatic heterocycles. The number of carbonyl (C=O) groups is 1. The Kier molecular flexibility index (Phi) is 5.03. The average molecular weight is 422 g/mol. The van der Waals surface area contributed by atoms with Crippen molar-refractivity contribution in [3.8, 4) is 5.82 Å². The molecule has 2 aromatic carbocycles. The summed E-state index contributed by atoms with van der Waals surface area (Å²) in [5.74, 6) is 0.609. The summed E-state index contributed by atoms with van der Waals surface area (Å²) in [6, 6.07) is 23.8. The molecule has 0 saturated carbocycles. The first-order chi connectivity index (χ1) is 15.6. The number of nitrogens with one attached hydrogen (secondary N) is 1. The summed E-state index contributed by atoms with van der Waals surface area (Å²) in [4.78, 5) is 21.9. The third-order valence-electron chi connectivity index (χ3n) is 5.71. The molecule has 0 saturated heterocycles. The number of fused-ring (bicyclic) bond motifs is 1. The fourth-order valence-corrected chi connectivity index (χ4v) is 3.98. The molecule has 0 atom stereocenters. The van der Waals surface area contributed by atoms with Gasteiger partial charge in [-0.1, -0.05) is 42.5 Å². The van der Waals surface area contributed by atoms with Crippen LogP contribution >= 0.6 is 0 Å². The molecule has 5 aromatic rings. The molecule has 0 fully saturated rings. The Labute approximate surface area is 186 Å². The van der Waals surface area contributed by atoms with E-state index in [1.807, 2.05) is 79.1 Å². The number of carbonyl (C=O) groups excluding carboxylic acids is 1. The lowest BCUT2D eigenvalue weighted by atomic mass is 10.2. The minimum atomic E-state index is -0.139. The number of benzene rings is 2. The summed E-state index contributed by atoms with van der Waals surface area (Å²) >= 11 is 0. The van der Waals surface area contributed by atoms with Crippen molar-refractivity contribution in [3.63, 3.8) is 0 Å². The first-order valence-corrected chi connectivity index (χ1v) is 10.5. The maximum absolute atomic E-state index is 13.0. The van der Waals surface area contributed by atoms with Crippen molar-refractivity contribution >= 4 is 22.6 Å². The van der Waals surface area contributed by atoms with Gasteiger partial charge in [-0.2, -0.15) is 0 Å². The van der Waals surface area contributed by atoms with E-state index >= 15 is 0 Å². The SMILES string of the molecule is Cc1cc(C(=O)Nc2ccc(-n3cnc4ccccc43)nc2)c(C)n1Cc1ccccc1. The predicted octanol–water partition coefficient (Wildman–Crippen LogP) is 5.14. The summed E-state index contributed by atoms with van der Waals surface area (Å²) in [5, 5.41) is 2.97. The zero-order valence-corrected chi connectivity index (χ0v) is 18.0. The van der Waals surface area contributed by atoms with Crippen molar-refractivity contribution in [1.29, 1.82) is 0 Å². The molecule has 32 heavy (non-hydrogen) atoms. The van der Waals surface area contributed by atoms with Crippen molar-refractivity contribution < 1.29 is 4.79 Å². The Morgan fingerprint density at radius 2 is 1.72 bits per heavy atom. The molecule has 158 valence electrons. The van der Waals surface area contributed by atoms with E-state index in [1.54, 1.807) is 12.5 Å². The van der Waals surface area contributed by atoms with Gasteiger partial charge < -0.3 is 9.88 Å². The zero-order chi connectivity index (χ0) is 22.1. The molecule has 1 amide bonds. The van der Waals surface area contributed by atoms with Crippen LogP contribution in [0.25, 0.3) is 16.9 Å². The van der Waals surface area contributed by atoms with Crippen molar-refractivity contribution in [2.75, 3.05) is 5.32 Å². The third kappa shape index (κ3) is 3.67. The highest BCUT2D eigenvalue weighted by molar-refractivity contribution is 6.05. The van der Waals surface area contributed by atoms with Gasteiger partial charge in [0, 0.05) is 17.9 Å². The van der Waals surface area contributed by atoms with Gasteiger partial charge in [0.25, 0.3) is 5.91 Å². The van der Waals surface area contributed by atoms with Crippen LogP contribution in [-0.4, -0.2) is 25.0 Å². The maximum Gasteiger partial charge on any atom is 0.257 e. The lowest BCUT2D eigenvalue weighted by molar-refractivity contribution is 0.102. The number of pyridine rings is 1. The minimum absolute atomic E-state index is 0.139. The summed E-state index contributed by atoms with van der Waals surface area (Å²) in [5.41, 5.74) is 6.42. The van der Waals surface area contributed by atoms with E-state index in [4.69, 9.17) is 0 Å². The number of hydrogen-bond acceptors (Lipinski definition) is 3. The van der Waals surface area contributed by atoms with E-state index in [-0.39, 0.29) is 5.91 Å². The number of nitrogens with zero attached hydrogens (tertiary/aromatic N) is 4. The van der Waals surface area contributed by atoms with Crippen molar-refractivity contribution in [1.82, 2.24) is 19.1 Å². The van der Waals surface area contributed by atoms with Crippen LogP contribution < -0.4 is 5.32 Å². The van der Waals surface area contributed by atoms with Gasteiger partial charge in [-0.3, -0.25) is 9.36 Å². The topological polar surface area (TPSA) is 64.7 Å². The standard InChI is InChI=1S/C26H23N5O/c1-18-14-22(19(2)30(18)16-20-8-4-3-5-9-20)26(32)29-21-12-13-25(27-15-21)31-17-28-23-10-6-7-11-24(23)31/h3-15,17H,16H2,1-2H3,(H,29,32). The fraction of sp³-hybridized carbons (Fsp3) is 0.115. The number of aryl methyl sites for hydroxylation is 1. The van der Waals surface area contributed by atoms with Crippen LogP contribution in [0.4, 0.5) is 5.69 Å². The van der Waals surface area contributed by atoms with Gasteiger partial charge in [-0.15, -0.1) is 0 Å². The second kappa shape index (κ2) is 8.15. The lowest BCUT2D eigenvalue weighted by Gasteiger charge is -2.10. The number of para-hydroxylation sites is 2. The monoisotopic (exact) mass is 421 g/mol. The molecule has 1 N–H and O–H groups in total. The fourth-order valence-electron chi connectivity index (χ4n) is 3.98. The molecule has 3 aromatic heterocycles. The molecule has 5 rings (SSSR count). The normalized spacial score (nSPS) is 11.1. The van der Waals surface area contributed by atoms with Crippen molar-refractivity contribution in [3.05, 3.63) is 108 Å². The van der Waals surface area contributed by atoms with Gasteiger partial charge >= 0.3 is 0 Å². The van der Waals surface area contributed by atoms with E-state index in [0.717, 1.165) is 34.8 Å². The molecule has 6 nitrogen and oxygen atoms in total. The van der Waals surface area contributed by atoms with Gasteiger partial charge in [0.05, 0.1) is 28.5 Å². The maximum atomic E-state index is 13.0. The Balaban J connectivity index is 1.35. The molecule has 0 aliphatic carbocycles. The first kappa shape index (κ1) is 19.8. The Morgan fingerprint density at radius 3 is 2.50 bits per heavy atom. The zero-order valence-electron chi connectivity index (χ0n) is 18.0. The summed E-state index contributed by atoms with van der Waals surface area (Å²) in [6.07, 6.45) is 3.43. The molecule has 3 heterocycles. The lowest BCUT2D eigenvalue weighted by Crippen LogP contribution is -2.14. The van der Waals surface area contributed by atoms with E-state index in [9.17, 15) is 4.79 Å². The molecule has 0 radical (unpaired) electrons. The van der Waals surface area contributed by atoms with E-state index in [2.05, 4.69) is 32.0 Å². The highest BCUT2D eigenvalue weighted by Crippen LogP contribution is 2.20. The molecular formula is C26H23N5O. The second-order valence-corrected chi connectivity index (χ2v) is 7.82. The van der Waals surface area contributed by atoms with Gasteiger partial charge in [0.15, 0.2) is 0 Å². The van der Waals surface area contributed by atoms with Gasteiger partial charge in [0.2, 0.25) is 0 Å². The Morgan fingerprint density at radius 1 is 0.938 bits per heavy atom. The van der Waals surface area contributed by atoms with Crippen LogP contribution in [0.3, 0.4) is 0 Å². The minimum Gasteiger partial charge on any atom is -0.344 e. The molecule has 0 aliphatic rings. The highest BCUT2D eigenvalue weighted by atomic mass is 16.1. The average Bonchev–Trinajstić information content (AvgIpc) is 3.37. The third-order valence-corrected chi connectivity index (χ3v) is 5.71. The van der Waals surface area contributed by atoms with Crippen molar-refractivity contribution in [2.45, 2.75) is 20.4 Å². The Bertz CT molecular complexity index is 1400. The Hall–Kier alpha value is -4.19. The largest absolute Gasteiger partial charge is 0.344 e. The number of amides is 1. The molecule has 0 unspecified atom stereocenters. The van der Waals surface area contributed by atoms with Crippen LogP contribution in [0.1, 0.15) is 27.3 Å². The first-order valence-electron chi connectivity index (χ1n) is 10.5. The molecular weight excluding hydrogens is 398 g/mol. The quantitative estimate of drug-likeness (QED) is 0.427. The highest BCUT2D eigenvalue weighted by Gasteiger charge is 2.16. The molecule has 6 heteroatoms. The number of aromatic nitrogens is 4. The second-order valence-electron chi connectivity index (χ2n) is 7.82. The molecule has 0 bridgehead atoms. The van der Waals surface area contributed by atoms with Crippen LogP contribution in [0.2, 0.25) is 0 Å². The van der Waals surface area contributed by atoms with Crippen LogP contribution in [0.5, 0.6) is 0 Å². The van der Waals surface area contributed by atoms with E-state index < -0.39 is 0 Å². The number of anilines is 1. The van der Waals surface area contributed by atoms with Gasteiger partial charge in [0.1, 0.15) is 12.1 Å². The van der Waals surface area contributed by atoms with Crippen LogP contribution in [0.15, 0.2) is 85.3 Å². The van der Waals surface area contributed by atoms with Crippen molar-refractivity contribution in [2.24, 2.45) is 0 Å². The predicted molar refractivity (Wildman–Crippen MR) is 126 cm³/mol. The summed E-state index contributed by atoms with van der Waals surface area (Å²) in [6.45, 7) is 4.75. The van der Waals surface area contributed by atoms with Gasteiger partial charge in [-0.25, -0.2) is 9.97 Å². The smallest absolute Gasteiger partial charge is 0.257 e. The van der Waals surface area contributed by atoms with Crippen LogP contribution in [-0.2, 0) is 6.54 Å². The van der Waals surface area contributed by atoms with E-state index in [0.29, 0.717) is 11.3 Å². The molecule has 0 spiro atoms. The van der Waals surface area contributed by atoms with E-state index in [1.165, 1.54) is 5.56 Å². The summed E-state index contributed by atoms with van der Waals surface area (Å²) in [7, 11) is 0. The number of imidazole rings is 1. The van der Waals surface area contributed by atoms with Crippen LogP contribution in [0, 0.1) is 13.8 Å². The summed E-state index contributed by atoms with van der Waals surface area (Å²) < 4.78 is 4.09. The number of hydrogen-bond donors (Lipinski definition) is 1. The van der Waals surface area contributed by atoms with Gasteiger partial charge in [-0.05, 0) is 49.7 Å².